The average molecular weight is 705 g/mol. The molecule has 1 aliphatic carbocycles. The zero-order chi connectivity index (χ0) is 36.0. The van der Waals surface area contributed by atoms with Gasteiger partial charge in [-0.05, 0) is 78.6 Å². The van der Waals surface area contributed by atoms with Gasteiger partial charge in [0.15, 0.2) is 0 Å². The number of rotatable bonds is 4. The van der Waals surface area contributed by atoms with Gasteiger partial charge in [0, 0.05) is 43.6 Å². The first-order valence-electron chi connectivity index (χ1n) is 18.9. The number of furan rings is 1. The highest BCUT2D eigenvalue weighted by atomic mass is 16.3. The lowest BCUT2D eigenvalue weighted by Gasteiger charge is -2.13. The van der Waals surface area contributed by atoms with Gasteiger partial charge in [0.05, 0.1) is 38.7 Å². The Hall–Kier alpha value is -7.24. The minimum absolute atomic E-state index is 0.621. The van der Waals surface area contributed by atoms with Crippen molar-refractivity contribution in [2.24, 2.45) is 0 Å². The van der Waals surface area contributed by atoms with E-state index in [4.69, 9.17) is 14.4 Å². The molecule has 0 radical (unpaired) electrons. The van der Waals surface area contributed by atoms with E-state index in [-0.39, 0.29) is 0 Å². The molecule has 5 nitrogen and oxygen atoms in total. The number of fused-ring (bicyclic) bond motifs is 12. The first-order chi connectivity index (χ1) is 27.3. The maximum Gasteiger partial charge on any atom is 0.235 e. The summed E-state index contributed by atoms with van der Waals surface area (Å²) in [6, 6.07) is 53.8. The Kier molecular flexibility index (Phi) is 6.39. The zero-order valence-electron chi connectivity index (χ0n) is 29.8. The molecule has 12 rings (SSSR count). The quantitative estimate of drug-likeness (QED) is 0.183. The molecule has 5 heteroatoms. The molecule has 4 aromatic heterocycles. The highest BCUT2D eigenvalue weighted by Gasteiger charge is 2.25. The molecular formula is C50H32N4O. The molecule has 0 amide bonds. The topological polar surface area (TPSA) is 48.8 Å². The fourth-order valence-corrected chi connectivity index (χ4v) is 8.92. The van der Waals surface area contributed by atoms with E-state index >= 15 is 0 Å². The number of aromatic nitrogens is 4. The normalized spacial score (nSPS) is 13.3. The lowest BCUT2D eigenvalue weighted by Crippen LogP contribution is -2.04. The summed E-state index contributed by atoms with van der Waals surface area (Å²) < 4.78 is 11.4. The summed E-state index contributed by atoms with van der Waals surface area (Å²) in [5, 5.41) is 7.68. The van der Waals surface area contributed by atoms with Crippen LogP contribution in [0.25, 0.3) is 105 Å². The molecule has 0 fully saturated rings. The number of hydrogen-bond acceptors (Lipinski definition) is 3. The molecule has 0 spiro atoms. The van der Waals surface area contributed by atoms with Crippen LogP contribution in [-0.4, -0.2) is 19.1 Å². The van der Waals surface area contributed by atoms with Crippen molar-refractivity contribution in [2.45, 2.75) is 12.8 Å². The third kappa shape index (κ3) is 4.41. The van der Waals surface area contributed by atoms with Crippen LogP contribution in [0.1, 0.15) is 18.4 Å². The zero-order valence-corrected chi connectivity index (χ0v) is 29.8. The molecule has 0 saturated carbocycles. The molecule has 0 saturated heterocycles. The van der Waals surface area contributed by atoms with E-state index < -0.39 is 0 Å². The molecule has 0 aliphatic heterocycles. The Bertz CT molecular complexity index is 3410. The largest absolute Gasteiger partial charge is 0.455 e. The van der Waals surface area contributed by atoms with Gasteiger partial charge >= 0.3 is 0 Å². The van der Waals surface area contributed by atoms with Crippen molar-refractivity contribution in [3.63, 3.8) is 0 Å². The molecule has 1 aliphatic rings. The van der Waals surface area contributed by atoms with E-state index in [0.717, 1.165) is 101 Å². The summed E-state index contributed by atoms with van der Waals surface area (Å²) in [5.41, 5.74) is 12.5. The summed E-state index contributed by atoms with van der Waals surface area (Å²) in [7, 11) is 0. The minimum atomic E-state index is 0.621. The monoisotopic (exact) mass is 704 g/mol. The summed E-state index contributed by atoms with van der Waals surface area (Å²) in [6.45, 7) is 0. The molecule has 0 unspecified atom stereocenters. The van der Waals surface area contributed by atoms with Crippen molar-refractivity contribution in [3.05, 3.63) is 175 Å². The fraction of sp³-hybridized carbons (Fsp3) is 0.0400. The highest BCUT2D eigenvalue weighted by molar-refractivity contribution is 6.30. The van der Waals surface area contributed by atoms with Crippen molar-refractivity contribution in [1.29, 1.82) is 0 Å². The van der Waals surface area contributed by atoms with Gasteiger partial charge in [-0.1, -0.05) is 115 Å². The van der Waals surface area contributed by atoms with E-state index in [1.807, 2.05) is 6.07 Å². The van der Waals surface area contributed by atoms with Crippen LogP contribution in [0, 0.1) is 0 Å². The molecule has 7 aromatic carbocycles. The maximum absolute atomic E-state index is 6.75. The maximum atomic E-state index is 6.75. The smallest absolute Gasteiger partial charge is 0.235 e. The highest BCUT2D eigenvalue weighted by Crippen LogP contribution is 2.45. The second-order valence-corrected chi connectivity index (χ2v) is 14.4. The van der Waals surface area contributed by atoms with Crippen LogP contribution in [0.2, 0.25) is 0 Å². The van der Waals surface area contributed by atoms with Crippen LogP contribution < -0.4 is 0 Å². The number of nitrogens with zero attached hydrogens (tertiary/aromatic N) is 4. The van der Waals surface area contributed by atoms with Gasteiger partial charge in [-0.2, -0.15) is 0 Å². The van der Waals surface area contributed by atoms with Gasteiger partial charge in [-0.25, -0.2) is 9.97 Å². The van der Waals surface area contributed by atoms with E-state index in [0.29, 0.717) is 5.95 Å². The fourth-order valence-electron chi connectivity index (χ4n) is 8.92. The van der Waals surface area contributed by atoms with Gasteiger partial charge in [-0.15, -0.1) is 0 Å². The average Bonchev–Trinajstić information content (AvgIpc) is 3.91. The van der Waals surface area contributed by atoms with E-state index in [2.05, 4.69) is 173 Å². The Morgan fingerprint density at radius 3 is 2.04 bits per heavy atom. The minimum Gasteiger partial charge on any atom is -0.455 e. The standard InChI is InChI=1S/C50H32N4O/c1-3-13-31(14-4-1)32-23-25-33(26-24-32)47-37-18-7-10-20-40(37)51-50(52-47)54-43-29-27-36-35-17-9-12-22-44(35)55-49(36)46(43)39-28-30-42-45(48(39)54)38-19-8-11-21-41(38)53(42)34-15-5-2-6-16-34/h2-3,5-30H,1,4H2. The summed E-state index contributed by atoms with van der Waals surface area (Å²) in [5.74, 6) is 0.621. The van der Waals surface area contributed by atoms with Crippen LogP contribution in [0.15, 0.2) is 174 Å². The third-order valence-electron chi connectivity index (χ3n) is 11.4. The second-order valence-electron chi connectivity index (χ2n) is 14.4. The molecule has 11 aromatic rings. The Morgan fingerprint density at radius 1 is 0.491 bits per heavy atom. The molecular weight excluding hydrogens is 673 g/mol. The van der Waals surface area contributed by atoms with Crippen LogP contribution in [0.3, 0.4) is 0 Å². The van der Waals surface area contributed by atoms with Crippen LogP contribution >= 0.6 is 0 Å². The third-order valence-corrected chi connectivity index (χ3v) is 11.4. The van der Waals surface area contributed by atoms with E-state index in [1.54, 1.807) is 0 Å². The van der Waals surface area contributed by atoms with Crippen molar-refractivity contribution in [2.75, 3.05) is 0 Å². The lowest BCUT2D eigenvalue weighted by atomic mass is 9.97. The van der Waals surface area contributed by atoms with E-state index in [1.165, 1.54) is 16.5 Å². The van der Waals surface area contributed by atoms with Crippen molar-refractivity contribution < 1.29 is 4.42 Å². The summed E-state index contributed by atoms with van der Waals surface area (Å²) in [6.07, 6.45) is 8.98. The first kappa shape index (κ1) is 30.2. The van der Waals surface area contributed by atoms with Crippen LogP contribution in [-0.2, 0) is 0 Å². The van der Waals surface area contributed by atoms with Crippen molar-refractivity contribution in [1.82, 2.24) is 19.1 Å². The summed E-state index contributed by atoms with van der Waals surface area (Å²) >= 11 is 0. The molecule has 0 bridgehead atoms. The SMILES string of the molecule is C1=CC(c2ccc(-c3nc(-n4c5ccc6c7ccccc7oc6c5c5ccc6c(c7ccccc7n6-c6ccccc6)c54)nc4ccccc34)cc2)=CCC1. The summed E-state index contributed by atoms with van der Waals surface area (Å²) in [4.78, 5) is 10.9. The molecule has 55 heavy (non-hydrogen) atoms. The molecule has 4 heterocycles. The number of benzene rings is 7. The molecule has 0 atom stereocenters. The van der Waals surface area contributed by atoms with E-state index in [9.17, 15) is 0 Å². The first-order valence-corrected chi connectivity index (χ1v) is 18.9. The van der Waals surface area contributed by atoms with Crippen molar-refractivity contribution >= 4 is 82.0 Å². The Balaban J connectivity index is 1.22. The van der Waals surface area contributed by atoms with Gasteiger partial charge in [-0.3, -0.25) is 4.57 Å². The molecule has 0 N–H and O–H groups in total. The number of allylic oxidation sites excluding steroid dienone is 4. The second kappa shape index (κ2) is 11.6. The van der Waals surface area contributed by atoms with Crippen molar-refractivity contribution in [3.8, 4) is 22.9 Å². The van der Waals surface area contributed by atoms with Gasteiger partial charge in [0.1, 0.15) is 11.2 Å². The Labute approximate surface area is 315 Å². The van der Waals surface area contributed by atoms with Gasteiger partial charge in [0.2, 0.25) is 5.95 Å². The van der Waals surface area contributed by atoms with Crippen LogP contribution in [0.5, 0.6) is 0 Å². The lowest BCUT2D eigenvalue weighted by molar-refractivity contribution is 0.673. The number of hydrogen-bond donors (Lipinski definition) is 0. The molecule has 258 valence electrons. The van der Waals surface area contributed by atoms with Gasteiger partial charge in [0.25, 0.3) is 0 Å². The predicted molar refractivity (Wildman–Crippen MR) is 227 cm³/mol. The Morgan fingerprint density at radius 2 is 1.20 bits per heavy atom. The predicted octanol–water partition coefficient (Wildman–Crippen LogP) is 13.1. The van der Waals surface area contributed by atoms with Gasteiger partial charge < -0.3 is 8.98 Å². The van der Waals surface area contributed by atoms with Crippen LogP contribution in [0.4, 0.5) is 0 Å². The number of para-hydroxylation sites is 4.